The van der Waals surface area contributed by atoms with Crippen LogP contribution in [0.5, 0.6) is 0 Å². The van der Waals surface area contributed by atoms with Crippen molar-refractivity contribution >= 4 is 12.0 Å². The molecule has 1 atom stereocenters. The number of carbonyl (C=O) groups excluding carboxylic acids is 1. The first-order chi connectivity index (χ1) is 8.13. The molecule has 0 heterocycles. The predicted octanol–water partition coefficient (Wildman–Crippen LogP) is 0.148. The van der Waals surface area contributed by atoms with Crippen molar-refractivity contribution in [3.8, 4) is 0 Å². The van der Waals surface area contributed by atoms with Crippen molar-refractivity contribution in [2.75, 3.05) is 20.1 Å². The molecule has 0 aromatic rings. The minimum atomic E-state index is -0.864. The van der Waals surface area contributed by atoms with Gasteiger partial charge in [-0.1, -0.05) is 0 Å². The Morgan fingerprint density at radius 1 is 1.35 bits per heavy atom. The van der Waals surface area contributed by atoms with E-state index in [4.69, 9.17) is 5.11 Å². The van der Waals surface area contributed by atoms with Crippen LogP contribution in [0.1, 0.15) is 25.7 Å². The molecule has 98 valence electrons. The second-order valence-corrected chi connectivity index (χ2v) is 4.40. The highest BCUT2D eigenvalue weighted by Crippen LogP contribution is 2.33. The molecule has 2 amide bonds. The third-order valence-corrected chi connectivity index (χ3v) is 2.79. The van der Waals surface area contributed by atoms with Gasteiger partial charge in [-0.15, -0.1) is 0 Å². The summed E-state index contributed by atoms with van der Waals surface area (Å²) in [6.45, 7) is 1.44. The first kappa shape index (κ1) is 13.8. The van der Waals surface area contributed by atoms with E-state index in [1.54, 1.807) is 0 Å². The van der Waals surface area contributed by atoms with E-state index in [0.29, 0.717) is 12.5 Å². The van der Waals surface area contributed by atoms with Crippen LogP contribution in [0.2, 0.25) is 0 Å². The van der Waals surface area contributed by atoms with Crippen molar-refractivity contribution in [1.82, 2.24) is 16.0 Å². The summed E-state index contributed by atoms with van der Waals surface area (Å²) >= 11 is 0. The molecule has 6 heteroatoms. The topological polar surface area (TPSA) is 90.5 Å². The summed E-state index contributed by atoms with van der Waals surface area (Å²) in [5.41, 5.74) is 0. The lowest BCUT2D eigenvalue weighted by Crippen LogP contribution is -2.44. The van der Waals surface area contributed by atoms with E-state index < -0.39 is 5.97 Å². The number of carbonyl (C=O) groups is 2. The normalized spacial score (nSPS) is 16.3. The predicted molar refractivity (Wildman–Crippen MR) is 63.8 cm³/mol. The van der Waals surface area contributed by atoms with Crippen LogP contribution < -0.4 is 16.0 Å². The van der Waals surface area contributed by atoms with E-state index >= 15 is 0 Å². The van der Waals surface area contributed by atoms with Crippen LogP contribution in [-0.4, -0.2) is 43.3 Å². The highest BCUT2D eigenvalue weighted by atomic mass is 16.4. The lowest BCUT2D eigenvalue weighted by molar-refractivity contribution is -0.137. The van der Waals surface area contributed by atoms with Crippen LogP contribution in [0.4, 0.5) is 4.79 Å². The molecule has 1 fully saturated rings. The molecule has 0 aromatic heterocycles. The number of urea groups is 1. The average molecular weight is 243 g/mol. The van der Waals surface area contributed by atoms with Gasteiger partial charge in [-0.05, 0) is 38.8 Å². The largest absolute Gasteiger partial charge is 0.481 e. The molecule has 1 aliphatic carbocycles. The molecular formula is C11H21N3O3. The molecular weight excluding hydrogens is 222 g/mol. The molecule has 6 nitrogen and oxygen atoms in total. The van der Waals surface area contributed by atoms with Gasteiger partial charge in [-0.2, -0.15) is 0 Å². The molecule has 17 heavy (non-hydrogen) atoms. The minimum Gasteiger partial charge on any atom is -0.481 e. The van der Waals surface area contributed by atoms with Crippen LogP contribution >= 0.6 is 0 Å². The van der Waals surface area contributed by atoms with Crippen LogP contribution in [0.15, 0.2) is 0 Å². The Balaban J connectivity index is 2.19. The summed E-state index contributed by atoms with van der Waals surface area (Å²) < 4.78 is 0. The second kappa shape index (κ2) is 7.11. The van der Waals surface area contributed by atoms with Crippen LogP contribution in [0, 0.1) is 5.92 Å². The quantitative estimate of drug-likeness (QED) is 0.457. The Morgan fingerprint density at radius 2 is 2.06 bits per heavy atom. The lowest BCUT2D eigenvalue weighted by atomic mass is 10.1. The maximum absolute atomic E-state index is 11.5. The number of carboxylic acids is 1. The van der Waals surface area contributed by atoms with Gasteiger partial charge < -0.3 is 21.1 Å². The minimum absolute atomic E-state index is 0.00853. The molecule has 1 aliphatic rings. The third kappa shape index (κ3) is 6.11. The molecule has 1 unspecified atom stereocenters. The van der Waals surface area contributed by atoms with E-state index in [2.05, 4.69) is 16.0 Å². The van der Waals surface area contributed by atoms with Gasteiger partial charge in [-0.3, -0.25) is 4.79 Å². The Bertz CT molecular complexity index is 267. The van der Waals surface area contributed by atoms with Crippen molar-refractivity contribution in [1.29, 1.82) is 0 Å². The molecule has 0 radical (unpaired) electrons. The fraction of sp³-hybridized carbons (Fsp3) is 0.818. The van der Waals surface area contributed by atoms with Crippen LogP contribution in [0.3, 0.4) is 0 Å². The summed E-state index contributed by atoms with van der Waals surface area (Å²) in [6, 6.07) is -0.490. The van der Waals surface area contributed by atoms with Gasteiger partial charge in [0, 0.05) is 12.6 Å². The summed E-state index contributed by atoms with van der Waals surface area (Å²) in [7, 11) is 1.86. The molecule has 1 saturated carbocycles. The maximum atomic E-state index is 11.5. The molecule has 0 aromatic carbocycles. The number of rotatable bonds is 8. The first-order valence-corrected chi connectivity index (χ1v) is 6.04. The molecule has 1 rings (SSSR count). The van der Waals surface area contributed by atoms with Crippen LogP contribution in [-0.2, 0) is 4.79 Å². The van der Waals surface area contributed by atoms with Gasteiger partial charge in [0.05, 0.1) is 6.42 Å². The molecule has 4 N–H and O–H groups in total. The zero-order valence-electron chi connectivity index (χ0n) is 10.2. The van der Waals surface area contributed by atoms with Crippen molar-refractivity contribution in [3.63, 3.8) is 0 Å². The third-order valence-electron chi connectivity index (χ3n) is 2.79. The van der Waals surface area contributed by atoms with E-state index in [1.165, 1.54) is 0 Å². The maximum Gasteiger partial charge on any atom is 0.315 e. The van der Waals surface area contributed by atoms with Gasteiger partial charge in [0.1, 0.15) is 0 Å². The van der Waals surface area contributed by atoms with Gasteiger partial charge in [0.25, 0.3) is 0 Å². The number of carboxylic acid groups (broad SMARTS) is 1. The molecule has 0 bridgehead atoms. The smallest absolute Gasteiger partial charge is 0.315 e. The van der Waals surface area contributed by atoms with E-state index in [0.717, 1.165) is 25.8 Å². The monoisotopic (exact) mass is 243 g/mol. The summed E-state index contributed by atoms with van der Waals surface area (Å²) in [5.74, 6) is -0.522. The van der Waals surface area contributed by atoms with Gasteiger partial charge >= 0.3 is 12.0 Å². The summed E-state index contributed by atoms with van der Waals surface area (Å²) in [6.07, 6.45) is 2.89. The molecule has 0 saturated heterocycles. The number of nitrogens with one attached hydrogen (secondary N) is 3. The van der Waals surface area contributed by atoms with E-state index in [1.807, 2.05) is 7.05 Å². The first-order valence-electron chi connectivity index (χ1n) is 6.04. The highest BCUT2D eigenvalue weighted by molar-refractivity contribution is 5.75. The van der Waals surface area contributed by atoms with Crippen LogP contribution in [0.25, 0.3) is 0 Å². The number of aliphatic carboxylic acids is 1. The highest BCUT2D eigenvalue weighted by Gasteiger charge is 2.33. The SMILES string of the molecule is CNCCCNC(=O)NC(CC(=O)O)C1CC1. The second-order valence-electron chi connectivity index (χ2n) is 4.40. The Kier molecular flexibility index (Phi) is 5.76. The number of hydrogen-bond acceptors (Lipinski definition) is 3. The molecule has 0 aliphatic heterocycles. The zero-order valence-corrected chi connectivity index (χ0v) is 10.2. The Hall–Kier alpha value is -1.30. The van der Waals surface area contributed by atoms with Crippen molar-refractivity contribution in [3.05, 3.63) is 0 Å². The fourth-order valence-electron chi connectivity index (χ4n) is 1.71. The summed E-state index contributed by atoms with van der Waals surface area (Å²) in [5, 5.41) is 17.2. The Morgan fingerprint density at radius 3 is 2.59 bits per heavy atom. The number of amides is 2. The van der Waals surface area contributed by atoms with Crippen molar-refractivity contribution in [2.45, 2.75) is 31.7 Å². The number of hydrogen-bond donors (Lipinski definition) is 4. The Labute approximate surface area is 101 Å². The van der Waals surface area contributed by atoms with Gasteiger partial charge in [0.2, 0.25) is 0 Å². The van der Waals surface area contributed by atoms with Crippen molar-refractivity contribution in [2.24, 2.45) is 5.92 Å². The van der Waals surface area contributed by atoms with Gasteiger partial charge in [0.15, 0.2) is 0 Å². The van der Waals surface area contributed by atoms with E-state index in [9.17, 15) is 9.59 Å². The van der Waals surface area contributed by atoms with Crippen molar-refractivity contribution < 1.29 is 14.7 Å². The van der Waals surface area contributed by atoms with E-state index in [-0.39, 0.29) is 18.5 Å². The summed E-state index contributed by atoms with van der Waals surface area (Å²) in [4.78, 5) is 22.1. The molecule has 0 spiro atoms. The van der Waals surface area contributed by atoms with Gasteiger partial charge in [-0.25, -0.2) is 4.79 Å². The zero-order chi connectivity index (χ0) is 12.7. The fourth-order valence-corrected chi connectivity index (χ4v) is 1.71. The lowest BCUT2D eigenvalue weighted by Gasteiger charge is -2.16. The average Bonchev–Trinajstić information content (AvgIpc) is 3.06. The standard InChI is InChI=1S/C11H21N3O3/c1-12-5-2-6-13-11(17)14-9(7-10(15)16)8-3-4-8/h8-9,12H,2-7H2,1H3,(H,15,16)(H2,13,14,17).